The van der Waals surface area contributed by atoms with Gasteiger partial charge in [-0.25, -0.2) is 0 Å². The molecule has 0 bridgehead atoms. The molecule has 0 aliphatic heterocycles. The molecular formula is C16H23NO2. The Morgan fingerprint density at radius 3 is 2.63 bits per heavy atom. The molecule has 0 atom stereocenters. The quantitative estimate of drug-likeness (QED) is 0.871. The number of hydrogen-bond acceptors (Lipinski definition) is 2. The Kier molecular flexibility index (Phi) is 4.25. The number of aliphatic hydroxyl groups excluding tert-OH is 1. The largest absolute Gasteiger partial charge is 0.394 e. The van der Waals surface area contributed by atoms with Crippen molar-refractivity contribution < 1.29 is 9.90 Å². The van der Waals surface area contributed by atoms with Crippen LogP contribution in [0.1, 0.15) is 43.4 Å². The zero-order valence-corrected chi connectivity index (χ0v) is 11.8. The lowest BCUT2D eigenvalue weighted by Gasteiger charge is -2.23. The summed E-state index contributed by atoms with van der Waals surface area (Å²) in [6.45, 7) is 3.58. The molecule has 1 aromatic carbocycles. The third kappa shape index (κ3) is 3.80. The number of aliphatic hydroxyl groups is 1. The van der Waals surface area contributed by atoms with Gasteiger partial charge in [0.25, 0.3) is 0 Å². The second-order valence-corrected chi connectivity index (χ2v) is 6.08. The second-order valence-electron chi connectivity index (χ2n) is 6.08. The molecule has 3 nitrogen and oxygen atoms in total. The van der Waals surface area contributed by atoms with Crippen molar-refractivity contribution in [2.45, 2.75) is 51.5 Å². The molecule has 104 valence electrons. The molecule has 0 unspecified atom stereocenters. The number of nitrogens with one attached hydrogen (secondary N) is 1. The predicted molar refractivity (Wildman–Crippen MR) is 76.1 cm³/mol. The van der Waals surface area contributed by atoms with Crippen LogP contribution in [0.4, 0.5) is 0 Å². The monoisotopic (exact) mass is 261 g/mol. The van der Waals surface area contributed by atoms with Crippen LogP contribution < -0.4 is 5.32 Å². The van der Waals surface area contributed by atoms with E-state index in [2.05, 4.69) is 23.5 Å². The van der Waals surface area contributed by atoms with Crippen LogP contribution in [0.3, 0.4) is 0 Å². The van der Waals surface area contributed by atoms with E-state index in [1.165, 1.54) is 30.4 Å². The van der Waals surface area contributed by atoms with Crippen molar-refractivity contribution in [3.63, 3.8) is 0 Å². The van der Waals surface area contributed by atoms with E-state index in [4.69, 9.17) is 5.11 Å². The molecule has 19 heavy (non-hydrogen) atoms. The van der Waals surface area contributed by atoms with Gasteiger partial charge in [0.1, 0.15) is 0 Å². The molecule has 2 rings (SSSR count). The first-order valence-electron chi connectivity index (χ1n) is 7.03. The van der Waals surface area contributed by atoms with Gasteiger partial charge in [0.05, 0.1) is 18.6 Å². The van der Waals surface area contributed by atoms with E-state index in [-0.39, 0.29) is 12.5 Å². The maximum atomic E-state index is 11.9. The van der Waals surface area contributed by atoms with E-state index in [9.17, 15) is 4.79 Å². The van der Waals surface area contributed by atoms with Gasteiger partial charge in [0.2, 0.25) is 5.91 Å². The van der Waals surface area contributed by atoms with Crippen LogP contribution in [0.15, 0.2) is 18.2 Å². The van der Waals surface area contributed by atoms with Crippen molar-refractivity contribution in [3.05, 3.63) is 34.9 Å². The van der Waals surface area contributed by atoms with Crippen LogP contribution in [-0.4, -0.2) is 23.2 Å². The third-order valence-electron chi connectivity index (χ3n) is 3.65. The first-order chi connectivity index (χ1) is 9.00. The maximum Gasteiger partial charge on any atom is 0.224 e. The number of carbonyl (C=O) groups excluding carboxylic acids is 1. The van der Waals surface area contributed by atoms with Gasteiger partial charge in [-0.15, -0.1) is 0 Å². The Balaban J connectivity index is 2.01. The number of benzene rings is 1. The highest BCUT2D eigenvalue weighted by Crippen LogP contribution is 2.22. The van der Waals surface area contributed by atoms with Crippen molar-refractivity contribution in [1.82, 2.24) is 5.32 Å². The molecule has 0 radical (unpaired) electrons. The SMILES string of the molecule is CC(C)(CO)NC(=O)Cc1ccc2c(c1)CCCC2. The van der Waals surface area contributed by atoms with E-state index >= 15 is 0 Å². The van der Waals surface area contributed by atoms with Crippen LogP contribution >= 0.6 is 0 Å². The summed E-state index contributed by atoms with van der Waals surface area (Å²) < 4.78 is 0. The van der Waals surface area contributed by atoms with Crippen molar-refractivity contribution in [2.24, 2.45) is 0 Å². The Morgan fingerprint density at radius 1 is 1.26 bits per heavy atom. The van der Waals surface area contributed by atoms with Crippen molar-refractivity contribution in [2.75, 3.05) is 6.61 Å². The molecular weight excluding hydrogens is 238 g/mol. The van der Waals surface area contributed by atoms with Gasteiger partial charge >= 0.3 is 0 Å². The van der Waals surface area contributed by atoms with Crippen molar-refractivity contribution in [3.8, 4) is 0 Å². The van der Waals surface area contributed by atoms with Crippen molar-refractivity contribution >= 4 is 5.91 Å². The molecule has 0 spiro atoms. The topological polar surface area (TPSA) is 49.3 Å². The van der Waals surface area contributed by atoms with Gasteiger partial charge < -0.3 is 10.4 Å². The molecule has 1 amide bonds. The predicted octanol–water partition coefficient (Wildman–Crippen LogP) is 1.99. The summed E-state index contributed by atoms with van der Waals surface area (Å²) >= 11 is 0. The molecule has 0 saturated heterocycles. The van der Waals surface area contributed by atoms with Gasteiger partial charge in [-0.2, -0.15) is 0 Å². The Hall–Kier alpha value is -1.35. The van der Waals surface area contributed by atoms with E-state index < -0.39 is 5.54 Å². The lowest BCUT2D eigenvalue weighted by atomic mass is 9.90. The molecule has 0 aromatic heterocycles. The summed E-state index contributed by atoms with van der Waals surface area (Å²) in [5.41, 5.74) is 3.35. The van der Waals surface area contributed by atoms with Crippen LogP contribution in [-0.2, 0) is 24.1 Å². The van der Waals surface area contributed by atoms with Crippen LogP contribution in [0.5, 0.6) is 0 Å². The van der Waals surface area contributed by atoms with Gasteiger partial charge in [-0.1, -0.05) is 18.2 Å². The highest BCUT2D eigenvalue weighted by atomic mass is 16.3. The molecule has 2 N–H and O–H groups in total. The minimum absolute atomic E-state index is 0.0326. The Morgan fingerprint density at radius 2 is 1.95 bits per heavy atom. The van der Waals surface area contributed by atoms with E-state index in [1.54, 1.807) is 0 Å². The standard InChI is InChI=1S/C16H23NO2/c1-16(2,11-18)17-15(19)10-12-7-8-13-5-3-4-6-14(13)9-12/h7-9,18H,3-6,10-11H2,1-2H3,(H,17,19). The number of aryl methyl sites for hydroxylation is 2. The smallest absolute Gasteiger partial charge is 0.224 e. The molecule has 0 heterocycles. The van der Waals surface area contributed by atoms with Gasteiger partial charge in [0, 0.05) is 0 Å². The summed E-state index contributed by atoms with van der Waals surface area (Å²) in [5.74, 6) is -0.0326. The summed E-state index contributed by atoms with van der Waals surface area (Å²) in [6.07, 6.45) is 5.21. The van der Waals surface area contributed by atoms with Crippen LogP contribution in [0.25, 0.3) is 0 Å². The molecule has 1 aromatic rings. The van der Waals surface area contributed by atoms with Crippen LogP contribution in [0, 0.1) is 0 Å². The third-order valence-corrected chi connectivity index (χ3v) is 3.65. The Labute approximate surface area is 115 Å². The summed E-state index contributed by atoms with van der Waals surface area (Å²) in [5, 5.41) is 12.0. The number of amides is 1. The van der Waals surface area contributed by atoms with E-state index in [1.807, 2.05) is 13.8 Å². The molecule has 1 aliphatic carbocycles. The number of fused-ring (bicyclic) bond motifs is 1. The molecule has 0 saturated carbocycles. The van der Waals surface area contributed by atoms with E-state index in [0.29, 0.717) is 6.42 Å². The fourth-order valence-electron chi connectivity index (χ4n) is 2.54. The fraction of sp³-hybridized carbons (Fsp3) is 0.562. The highest BCUT2D eigenvalue weighted by molar-refractivity contribution is 5.79. The zero-order chi connectivity index (χ0) is 13.9. The maximum absolute atomic E-state index is 11.9. The summed E-state index contributed by atoms with van der Waals surface area (Å²) in [7, 11) is 0. The number of hydrogen-bond donors (Lipinski definition) is 2. The fourth-order valence-corrected chi connectivity index (χ4v) is 2.54. The average molecular weight is 261 g/mol. The minimum atomic E-state index is -0.550. The lowest BCUT2D eigenvalue weighted by molar-refractivity contribution is -0.122. The van der Waals surface area contributed by atoms with E-state index in [0.717, 1.165) is 12.0 Å². The highest BCUT2D eigenvalue weighted by Gasteiger charge is 2.19. The first kappa shape index (κ1) is 14.1. The van der Waals surface area contributed by atoms with Gasteiger partial charge in [0.15, 0.2) is 0 Å². The summed E-state index contributed by atoms with van der Waals surface area (Å²) in [6, 6.07) is 6.38. The average Bonchev–Trinajstić information content (AvgIpc) is 2.38. The lowest BCUT2D eigenvalue weighted by Crippen LogP contribution is -2.46. The zero-order valence-electron chi connectivity index (χ0n) is 11.8. The number of rotatable bonds is 4. The molecule has 3 heteroatoms. The molecule has 0 fully saturated rings. The normalized spacial score (nSPS) is 14.9. The first-order valence-corrected chi connectivity index (χ1v) is 7.03. The van der Waals surface area contributed by atoms with Crippen molar-refractivity contribution in [1.29, 1.82) is 0 Å². The van der Waals surface area contributed by atoms with Gasteiger partial charge in [-0.3, -0.25) is 4.79 Å². The number of carbonyl (C=O) groups is 1. The minimum Gasteiger partial charge on any atom is -0.394 e. The van der Waals surface area contributed by atoms with Gasteiger partial charge in [-0.05, 0) is 56.2 Å². The second kappa shape index (κ2) is 5.74. The van der Waals surface area contributed by atoms with Crippen LogP contribution in [0.2, 0.25) is 0 Å². The Bertz CT molecular complexity index is 466. The summed E-state index contributed by atoms with van der Waals surface area (Å²) in [4.78, 5) is 11.9. The molecule has 1 aliphatic rings.